The lowest BCUT2D eigenvalue weighted by atomic mass is 10.2. The minimum atomic E-state index is 0.450. The van der Waals surface area contributed by atoms with E-state index in [1.807, 2.05) is 0 Å². The number of nitrogens with zero attached hydrogens (tertiary/aromatic N) is 4. The highest BCUT2D eigenvalue weighted by atomic mass is 16.5. The quantitative estimate of drug-likeness (QED) is 0.766. The number of aryl methyl sites for hydroxylation is 1. The van der Waals surface area contributed by atoms with E-state index in [0.717, 1.165) is 25.8 Å². The third-order valence-corrected chi connectivity index (χ3v) is 2.63. The summed E-state index contributed by atoms with van der Waals surface area (Å²) in [7, 11) is 0. The molecule has 0 fully saturated rings. The summed E-state index contributed by atoms with van der Waals surface area (Å²) in [6, 6.07) is 0.450. The van der Waals surface area contributed by atoms with Gasteiger partial charge in [0, 0.05) is 12.5 Å². The predicted octanol–water partition coefficient (Wildman–Crippen LogP) is 1.18. The van der Waals surface area contributed by atoms with Gasteiger partial charge in [-0.1, -0.05) is 12.1 Å². The summed E-state index contributed by atoms with van der Waals surface area (Å²) >= 11 is 0. The maximum atomic E-state index is 5.17. The second kappa shape index (κ2) is 6.25. The van der Waals surface area contributed by atoms with Crippen molar-refractivity contribution < 1.29 is 4.52 Å². The van der Waals surface area contributed by atoms with E-state index in [1.54, 1.807) is 0 Å². The van der Waals surface area contributed by atoms with Gasteiger partial charge in [-0.2, -0.15) is 10.1 Å². The number of hydrogen-bond acceptors (Lipinski definition) is 6. The van der Waals surface area contributed by atoms with Crippen LogP contribution in [0.4, 0.5) is 0 Å². The van der Waals surface area contributed by atoms with Gasteiger partial charge in [0.05, 0.1) is 0 Å². The van der Waals surface area contributed by atoms with E-state index in [4.69, 9.17) is 4.52 Å². The Hall–Kier alpha value is -1.76. The molecule has 0 radical (unpaired) electrons. The van der Waals surface area contributed by atoms with Crippen molar-refractivity contribution in [3.8, 4) is 11.6 Å². The summed E-state index contributed by atoms with van der Waals surface area (Å²) in [5.74, 6) is 1.62. The molecule has 0 aliphatic carbocycles. The molecule has 0 aliphatic rings. The molecule has 0 aliphatic heterocycles. The molecule has 2 rings (SSSR count). The van der Waals surface area contributed by atoms with Crippen LogP contribution < -0.4 is 5.32 Å². The molecule has 1 unspecified atom stereocenters. The van der Waals surface area contributed by atoms with E-state index < -0.39 is 0 Å². The Labute approximate surface area is 105 Å². The molecule has 18 heavy (non-hydrogen) atoms. The number of aromatic nitrogens is 5. The lowest BCUT2D eigenvalue weighted by molar-refractivity contribution is 0.367. The Bertz CT molecular complexity index is 452. The number of rotatable bonds is 7. The third-order valence-electron chi connectivity index (χ3n) is 2.63. The fourth-order valence-corrected chi connectivity index (χ4v) is 1.60. The van der Waals surface area contributed by atoms with Gasteiger partial charge >= 0.3 is 0 Å². The monoisotopic (exact) mass is 250 g/mol. The molecule has 2 heterocycles. The summed E-state index contributed by atoms with van der Waals surface area (Å²) in [6.07, 6.45) is 4.29. The zero-order valence-corrected chi connectivity index (χ0v) is 10.7. The minimum Gasteiger partial charge on any atom is -0.339 e. The van der Waals surface area contributed by atoms with Crippen LogP contribution in [0.25, 0.3) is 11.6 Å². The molecular weight excluding hydrogens is 232 g/mol. The van der Waals surface area contributed by atoms with E-state index in [1.165, 1.54) is 6.33 Å². The van der Waals surface area contributed by atoms with E-state index in [0.29, 0.717) is 23.6 Å². The first-order chi connectivity index (χ1) is 8.79. The topological polar surface area (TPSA) is 92.5 Å². The Kier molecular flexibility index (Phi) is 4.40. The third kappa shape index (κ3) is 3.36. The summed E-state index contributed by atoms with van der Waals surface area (Å²) in [5, 5.41) is 13.7. The molecule has 2 aromatic heterocycles. The standard InChI is InChI=1S/C11H18N6O/c1-3-6-12-8(2)4-5-9-15-11(17-18-9)10-13-7-14-16-10/h7-8,12H,3-6H2,1-2H3,(H,13,14,16). The molecule has 0 amide bonds. The Morgan fingerprint density at radius 3 is 3.11 bits per heavy atom. The van der Waals surface area contributed by atoms with E-state index in [9.17, 15) is 0 Å². The second-order valence-corrected chi connectivity index (χ2v) is 4.24. The van der Waals surface area contributed by atoms with Crippen LogP contribution in [0, 0.1) is 0 Å². The molecule has 2 N–H and O–H groups in total. The van der Waals surface area contributed by atoms with Crippen molar-refractivity contribution >= 4 is 0 Å². The number of nitrogens with one attached hydrogen (secondary N) is 2. The normalized spacial score (nSPS) is 12.8. The molecule has 7 nitrogen and oxygen atoms in total. The van der Waals surface area contributed by atoms with Crippen LogP contribution in [0.1, 0.15) is 32.6 Å². The molecule has 0 saturated heterocycles. The number of hydrogen-bond donors (Lipinski definition) is 2. The molecule has 2 aromatic rings. The first-order valence-electron chi connectivity index (χ1n) is 6.21. The maximum absolute atomic E-state index is 5.17. The lowest BCUT2D eigenvalue weighted by Gasteiger charge is -2.10. The van der Waals surface area contributed by atoms with Crippen molar-refractivity contribution in [1.29, 1.82) is 0 Å². The lowest BCUT2D eigenvalue weighted by Crippen LogP contribution is -2.27. The van der Waals surface area contributed by atoms with Crippen LogP contribution in [0.15, 0.2) is 10.9 Å². The van der Waals surface area contributed by atoms with Gasteiger partial charge in [-0.25, -0.2) is 4.98 Å². The van der Waals surface area contributed by atoms with Crippen molar-refractivity contribution in [3.63, 3.8) is 0 Å². The summed E-state index contributed by atoms with van der Waals surface area (Å²) in [4.78, 5) is 8.24. The van der Waals surface area contributed by atoms with Crippen LogP contribution in [0.5, 0.6) is 0 Å². The highest BCUT2D eigenvalue weighted by Crippen LogP contribution is 2.10. The predicted molar refractivity (Wildman–Crippen MR) is 65.8 cm³/mol. The Balaban J connectivity index is 1.84. The maximum Gasteiger partial charge on any atom is 0.239 e. The molecule has 0 spiro atoms. The summed E-state index contributed by atoms with van der Waals surface area (Å²) in [5.41, 5.74) is 0. The molecule has 0 bridgehead atoms. The van der Waals surface area contributed by atoms with Gasteiger partial charge in [0.2, 0.25) is 11.7 Å². The number of aromatic amines is 1. The Morgan fingerprint density at radius 1 is 1.50 bits per heavy atom. The zero-order valence-electron chi connectivity index (χ0n) is 10.7. The smallest absolute Gasteiger partial charge is 0.239 e. The molecular formula is C11H18N6O. The fourth-order valence-electron chi connectivity index (χ4n) is 1.60. The average molecular weight is 250 g/mol. The van der Waals surface area contributed by atoms with Gasteiger partial charge < -0.3 is 9.84 Å². The van der Waals surface area contributed by atoms with E-state index >= 15 is 0 Å². The van der Waals surface area contributed by atoms with E-state index in [-0.39, 0.29) is 0 Å². The second-order valence-electron chi connectivity index (χ2n) is 4.24. The molecule has 0 aromatic carbocycles. The van der Waals surface area contributed by atoms with Crippen LogP contribution in [-0.4, -0.2) is 37.9 Å². The SMILES string of the molecule is CCCNC(C)CCc1nc(-c2ncn[nH]2)no1. The molecule has 0 saturated carbocycles. The summed E-state index contributed by atoms with van der Waals surface area (Å²) in [6.45, 7) is 5.35. The van der Waals surface area contributed by atoms with Crippen LogP contribution in [0.3, 0.4) is 0 Å². The largest absolute Gasteiger partial charge is 0.339 e. The van der Waals surface area contributed by atoms with Crippen molar-refractivity contribution in [3.05, 3.63) is 12.2 Å². The van der Waals surface area contributed by atoms with Crippen LogP contribution >= 0.6 is 0 Å². The molecule has 7 heteroatoms. The first kappa shape index (κ1) is 12.7. The minimum absolute atomic E-state index is 0.450. The van der Waals surface area contributed by atoms with Crippen molar-refractivity contribution in [1.82, 2.24) is 30.6 Å². The summed E-state index contributed by atoms with van der Waals surface area (Å²) < 4.78 is 5.17. The van der Waals surface area contributed by atoms with Gasteiger partial charge in [0.1, 0.15) is 6.33 Å². The first-order valence-corrected chi connectivity index (χ1v) is 6.21. The van der Waals surface area contributed by atoms with E-state index in [2.05, 4.69) is 44.5 Å². The van der Waals surface area contributed by atoms with Crippen molar-refractivity contribution in [2.24, 2.45) is 0 Å². The fraction of sp³-hybridized carbons (Fsp3) is 0.636. The van der Waals surface area contributed by atoms with Gasteiger partial charge in [0.25, 0.3) is 0 Å². The van der Waals surface area contributed by atoms with Gasteiger partial charge in [-0.05, 0) is 26.3 Å². The molecule has 98 valence electrons. The van der Waals surface area contributed by atoms with Crippen LogP contribution in [0.2, 0.25) is 0 Å². The van der Waals surface area contributed by atoms with Crippen LogP contribution in [-0.2, 0) is 6.42 Å². The number of H-pyrrole nitrogens is 1. The van der Waals surface area contributed by atoms with Gasteiger partial charge in [-0.3, -0.25) is 5.10 Å². The van der Waals surface area contributed by atoms with Gasteiger partial charge in [0.15, 0.2) is 5.82 Å². The highest BCUT2D eigenvalue weighted by molar-refractivity contribution is 5.39. The Morgan fingerprint density at radius 2 is 2.39 bits per heavy atom. The average Bonchev–Trinajstić information content (AvgIpc) is 3.03. The van der Waals surface area contributed by atoms with Crippen molar-refractivity contribution in [2.45, 2.75) is 39.2 Å². The highest BCUT2D eigenvalue weighted by Gasteiger charge is 2.11. The molecule has 1 atom stereocenters. The van der Waals surface area contributed by atoms with Gasteiger partial charge in [-0.15, -0.1) is 0 Å². The zero-order chi connectivity index (χ0) is 12.8. The van der Waals surface area contributed by atoms with Crippen molar-refractivity contribution in [2.75, 3.05) is 6.54 Å².